The van der Waals surface area contributed by atoms with Gasteiger partial charge in [-0.1, -0.05) is 0 Å². The second-order valence-electron chi connectivity index (χ2n) is 4.86. The van der Waals surface area contributed by atoms with Crippen LogP contribution in [0.5, 0.6) is 0 Å². The molecular formula is C13H11N3O. The first-order valence-electron chi connectivity index (χ1n) is 5.41. The van der Waals surface area contributed by atoms with E-state index in [1.165, 1.54) is 0 Å². The number of H-pyrrole nitrogens is 1. The smallest absolute Gasteiger partial charge is 0.234 e. The molecule has 4 heteroatoms. The van der Waals surface area contributed by atoms with Crippen molar-refractivity contribution in [2.24, 2.45) is 0 Å². The van der Waals surface area contributed by atoms with E-state index in [1.54, 1.807) is 6.07 Å². The largest absolute Gasteiger partial charge is 0.346 e. The number of anilines is 1. The van der Waals surface area contributed by atoms with E-state index in [9.17, 15) is 4.79 Å². The summed E-state index contributed by atoms with van der Waals surface area (Å²) in [6.07, 6.45) is 0. The molecule has 0 spiro atoms. The maximum Gasteiger partial charge on any atom is 0.234 e. The number of nitrogens with zero attached hydrogens (tertiary/aromatic N) is 1. The number of aromatic nitrogens is 1. The molecule has 2 aromatic rings. The van der Waals surface area contributed by atoms with Crippen molar-refractivity contribution in [2.75, 3.05) is 5.32 Å². The first kappa shape index (κ1) is 9.91. The van der Waals surface area contributed by atoms with Gasteiger partial charge in [0.1, 0.15) is 11.8 Å². The maximum atomic E-state index is 11.8. The second kappa shape index (κ2) is 2.89. The summed E-state index contributed by atoms with van der Waals surface area (Å²) in [4.78, 5) is 14.8. The average molecular weight is 225 g/mol. The van der Waals surface area contributed by atoms with E-state index in [-0.39, 0.29) is 5.91 Å². The van der Waals surface area contributed by atoms with E-state index < -0.39 is 5.41 Å². The van der Waals surface area contributed by atoms with Crippen LogP contribution in [-0.2, 0) is 10.2 Å². The van der Waals surface area contributed by atoms with Gasteiger partial charge in [0.2, 0.25) is 5.91 Å². The van der Waals surface area contributed by atoms with Gasteiger partial charge in [-0.3, -0.25) is 4.79 Å². The van der Waals surface area contributed by atoms with E-state index in [2.05, 4.69) is 16.4 Å². The van der Waals surface area contributed by atoms with Gasteiger partial charge in [0.05, 0.1) is 5.41 Å². The summed E-state index contributed by atoms with van der Waals surface area (Å²) in [5.41, 5.74) is 2.72. The van der Waals surface area contributed by atoms with Crippen LogP contribution in [0.1, 0.15) is 25.1 Å². The van der Waals surface area contributed by atoms with Crippen molar-refractivity contribution < 1.29 is 4.79 Å². The van der Waals surface area contributed by atoms with Crippen LogP contribution in [0.25, 0.3) is 10.9 Å². The molecule has 0 unspecified atom stereocenters. The van der Waals surface area contributed by atoms with E-state index in [1.807, 2.05) is 26.0 Å². The Bertz CT molecular complexity index is 688. The van der Waals surface area contributed by atoms with Crippen molar-refractivity contribution >= 4 is 22.5 Å². The quantitative estimate of drug-likeness (QED) is 0.722. The third-order valence-electron chi connectivity index (χ3n) is 3.37. The lowest BCUT2D eigenvalue weighted by molar-refractivity contribution is -0.119. The Labute approximate surface area is 98.2 Å². The normalized spacial score (nSPS) is 16.6. The molecule has 2 N–H and O–H groups in total. The van der Waals surface area contributed by atoms with Crippen LogP contribution in [0, 0.1) is 11.3 Å². The van der Waals surface area contributed by atoms with Gasteiger partial charge < -0.3 is 10.3 Å². The van der Waals surface area contributed by atoms with Gasteiger partial charge in [0.25, 0.3) is 0 Å². The molecule has 1 aromatic heterocycles. The van der Waals surface area contributed by atoms with Crippen LogP contribution >= 0.6 is 0 Å². The Hall–Kier alpha value is -2.28. The fraction of sp³-hybridized carbons (Fsp3) is 0.231. The van der Waals surface area contributed by atoms with Crippen LogP contribution < -0.4 is 5.32 Å². The van der Waals surface area contributed by atoms with Gasteiger partial charge in [-0.2, -0.15) is 5.26 Å². The summed E-state index contributed by atoms with van der Waals surface area (Å²) in [5, 5.41) is 12.7. The summed E-state index contributed by atoms with van der Waals surface area (Å²) in [6, 6.07) is 7.74. The highest BCUT2D eigenvalue weighted by molar-refractivity contribution is 6.08. The Kier molecular flexibility index (Phi) is 1.68. The Morgan fingerprint density at radius 1 is 1.29 bits per heavy atom. The lowest BCUT2D eigenvalue weighted by Gasteiger charge is -2.14. The Morgan fingerprint density at radius 2 is 2.06 bits per heavy atom. The molecule has 3 rings (SSSR count). The van der Waals surface area contributed by atoms with Crippen molar-refractivity contribution in [1.29, 1.82) is 5.26 Å². The van der Waals surface area contributed by atoms with Crippen molar-refractivity contribution in [3.05, 3.63) is 29.5 Å². The highest BCUT2D eigenvalue weighted by Gasteiger charge is 2.38. The number of hydrogen-bond donors (Lipinski definition) is 2. The van der Waals surface area contributed by atoms with Crippen molar-refractivity contribution in [3.63, 3.8) is 0 Å². The predicted octanol–water partition coefficient (Wildman–Crippen LogP) is 2.27. The van der Waals surface area contributed by atoms with E-state index in [0.717, 1.165) is 22.2 Å². The molecular weight excluding hydrogens is 214 g/mol. The number of aromatic amines is 1. The van der Waals surface area contributed by atoms with Crippen LogP contribution in [0.2, 0.25) is 0 Å². The van der Waals surface area contributed by atoms with Crippen molar-refractivity contribution in [1.82, 2.24) is 4.98 Å². The van der Waals surface area contributed by atoms with E-state index in [4.69, 9.17) is 5.26 Å². The fourth-order valence-corrected chi connectivity index (χ4v) is 2.26. The zero-order chi connectivity index (χ0) is 12.2. The number of carbonyl (C=O) groups is 1. The van der Waals surface area contributed by atoms with Crippen LogP contribution in [0.3, 0.4) is 0 Å². The molecule has 0 saturated carbocycles. The minimum atomic E-state index is -0.506. The molecule has 1 aliphatic rings. The number of hydrogen-bond acceptors (Lipinski definition) is 2. The lowest BCUT2D eigenvalue weighted by Crippen LogP contribution is -2.26. The topological polar surface area (TPSA) is 68.7 Å². The summed E-state index contributed by atoms with van der Waals surface area (Å²) >= 11 is 0. The first-order chi connectivity index (χ1) is 8.02. The van der Waals surface area contributed by atoms with Gasteiger partial charge in [-0.25, -0.2) is 0 Å². The molecule has 2 heterocycles. The molecule has 0 aliphatic carbocycles. The maximum absolute atomic E-state index is 11.8. The number of nitrogens with one attached hydrogen (secondary N) is 2. The SMILES string of the molecule is CC1(C)C(=O)Nc2cc3[nH]c(C#N)cc3cc21. The zero-order valence-corrected chi connectivity index (χ0v) is 9.59. The van der Waals surface area contributed by atoms with Gasteiger partial charge in [-0.15, -0.1) is 0 Å². The highest BCUT2D eigenvalue weighted by Crippen LogP contribution is 2.39. The Morgan fingerprint density at radius 3 is 2.76 bits per heavy atom. The predicted molar refractivity (Wildman–Crippen MR) is 64.7 cm³/mol. The van der Waals surface area contributed by atoms with Crippen LogP contribution in [0.4, 0.5) is 5.69 Å². The van der Waals surface area contributed by atoms with E-state index in [0.29, 0.717) is 5.69 Å². The lowest BCUT2D eigenvalue weighted by atomic mass is 9.86. The molecule has 0 saturated heterocycles. The summed E-state index contributed by atoms with van der Waals surface area (Å²) in [7, 11) is 0. The van der Waals surface area contributed by atoms with Gasteiger partial charge in [-0.05, 0) is 37.6 Å². The summed E-state index contributed by atoms with van der Waals surface area (Å²) < 4.78 is 0. The summed E-state index contributed by atoms with van der Waals surface area (Å²) in [5.74, 6) is 0.0145. The van der Waals surface area contributed by atoms with Crippen molar-refractivity contribution in [2.45, 2.75) is 19.3 Å². The molecule has 0 bridgehead atoms. The van der Waals surface area contributed by atoms with Gasteiger partial charge >= 0.3 is 0 Å². The molecule has 1 aromatic carbocycles. The molecule has 1 aliphatic heterocycles. The first-order valence-corrected chi connectivity index (χ1v) is 5.41. The van der Waals surface area contributed by atoms with Crippen molar-refractivity contribution in [3.8, 4) is 6.07 Å². The molecule has 4 nitrogen and oxygen atoms in total. The number of nitriles is 1. The van der Waals surface area contributed by atoms with E-state index >= 15 is 0 Å². The van der Waals surface area contributed by atoms with Gasteiger partial charge in [0.15, 0.2) is 0 Å². The third-order valence-corrected chi connectivity index (χ3v) is 3.37. The Balaban J connectivity index is 2.31. The molecule has 0 atom stereocenters. The standard InChI is InChI=1S/C13H11N3O/c1-13(2)9-4-7-3-8(6-14)15-10(7)5-11(9)16-12(13)17/h3-5,15H,1-2H3,(H,16,17). The van der Waals surface area contributed by atoms with Crippen LogP contribution in [-0.4, -0.2) is 10.9 Å². The zero-order valence-electron chi connectivity index (χ0n) is 9.59. The molecule has 84 valence electrons. The average Bonchev–Trinajstić information content (AvgIpc) is 2.77. The minimum absolute atomic E-state index is 0.0145. The number of amides is 1. The molecule has 17 heavy (non-hydrogen) atoms. The molecule has 0 fully saturated rings. The number of fused-ring (bicyclic) bond motifs is 2. The monoisotopic (exact) mass is 225 g/mol. The number of carbonyl (C=O) groups excluding carboxylic acids is 1. The second-order valence-corrected chi connectivity index (χ2v) is 4.86. The molecule has 0 radical (unpaired) electrons. The van der Waals surface area contributed by atoms with Gasteiger partial charge in [0, 0.05) is 16.6 Å². The number of rotatable bonds is 0. The summed E-state index contributed by atoms with van der Waals surface area (Å²) in [6.45, 7) is 3.80. The fourth-order valence-electron chi connectivity index (χ4n) is 2.26. The highest BCUT2D eigenvalue weighted by atomic mass is 16.2. The minimum Gasteiger partial charge on any atom is -0.346 e. The third kappa shape index (κ3) is 1.19. The number of benzene rings is 1. The van der Waals surface area contributed by atoms with Crippen LogP contribution in [0.15, 0.2) is 18.2 Å². The molecule has 1 amide bonds.